The van der Waals surface area contributed by atoms with Crippen LogP contribution >= 0.6 is 11.8 Å². The van der Waals surface area contributed by atoms with Crippen molar-refractivity contribution in [2.75, 3.05) is 37.9 Å². The zero-order chi connectivity index (χ0) is 17.6. The average Bonchev–Trinajstić information content (AvgIpc) is 2.58. The fourth-order valence-corrected chi connectivity index (χ4v) is 3.32. The normalized spacial score (nSPS) is 12.5. The number of ether oxygens (including phenoxy) is 2. The Morgan fingerprint density at radius 3 is 2.25 bits per heavy atom. The van der Waals surface area contributed by atoms with Gasteiger partial charge in [-0.2, -0.15) is 11.8 Å². The highest BCUT2D eigenvalue weighted by atomic mass is 32.2. The van der Waals surface area contributed by atoms with Crippen molar-refractivity contribution in [1.29, 1.82) is 0 Å². The monoisotopic (exact) mass is 353 g/mol. The molecule has 24 heavy (non-hydrogen) atoms. The number of nitrogens with zero attached hydrogens (tertiary/aromatic N) is 1. The molecule has 0 fully saturated rings. The largest absolute Gasteiger partial charge is 0.491 e. The van der Waals surface area contributed by atoms with Crippen LogP contribution in [0.1, 0.15) is 45.6 Å². The predicted molar refractivity (Wildman–Crippen MR) is 106 cm³/mol. The van der Waals surface area contributed by atoms with Gasteiger partial charge < -0.3 is 9.47 Å². The van der Waals surface area contributed by atoms with Crippen LogP contribution in [-0.2, 0) is 4.74 Å². The lowest BCUT2D eigenvalue weighted by Gasteiger charge is -2.25. The van der Waals surface area contributed by atoms with Gasteiger partial charge in [-0.3, -0.25) is 4.90 Å². The minimum Gasteiger partial charge on any atom is -0.491 e. The fourth-order valence-electron chi connectivity index (χ4n) is 2.41. The second-order valence-electron chi connectivity index (χ2n) is 6.23. The Morgan fingerprint density at radius 2 is 1.67 bits per heavy atom. The lowest BCUT2D eigenvalue weighted by Crippen LogP contribution is -2.34. The predicted octanol–water partition coefficient (Wildman–Crippen LogP) is 4.98. The van der Waals surface area contributed by atoms with E-state index in [1.54, 1.807) is 0 Å². The summed E-state index contributed by atoms with van der Waals surface area (Å²) in [6, 6.07) is 8.24. The molecule has 0 aromatic heterocycles. The van der Waals surface area contributed by atoms with Crippen LogP contribution in [0, 0.1) is 6.92 Å². The molecule has 1 rings (SSSR count). The second-order valence-corrected chi connectivity index (χ2v) is 7.38. The van der Waals surface area contributed by atoms with Crippen LogP contribution in [0.5, 0.6) is 5.75 Å². The molecule has 0 bridgehead atoms. The zero-order valence-electron chi connectivity index (χ0n) is 15.9. The van der Waals surface area contributed by atoms with E-state index in [0.29, 0.717) is 13.3 Å². The van der Waals surface area contributed by atoms with Crippen molar-refractivity contribution in [3.63, 3.8) is 0 Å². The number of benzene rings is 1. The van der Waals surface area contributed by atoms with Crippen LogP contribution in [0.15, 0.2) is 24.3 Å². The summed E-state index contributed by atoms with van der Waals surface area (Å²) in [7, 11) is 0. The van der Waals surface area contributed by atoms with Gasteiger partial charge in [-0.25, -0.2) is 0 Å². The maximum Gasteiger partial charge on any atom is 0.119 e. The standard InChI is InChI=1S/C20H35NO2S/c1-5-12-21(13-6-2)17-23-20(16-24-14-7-3)15-22-19-10-8-18(4)9-11-19/h8-11,20H,5-7,12-17H2,1-4H3. The van der Waals surface area contributed by atoms with Crippen molar-refractivity contribution in [3.05, 3.63) is 29.8 Å². The summed E-state index contributed by atoms with van der Waals surface area (Å²) < 4.78 is 12.1. The Bertz CT molecular complexity index is 405. The summed E-state index contributed by atoms with van der Waals surface area (Å²) in [6.07, 6.45) is 3.67. The molecule has 0 aliphatic rings. The smallest absolute Gasteiger partial charge is 0.119 e. The minimum absolute atomic E-state index is 0.138. The topological polar surface area (TPSA) is 21.7 Å². The van der Waals surface area contributed by atoms with E-state index in [1.807, 2.05) is 23.9 Å². The first-order valence-corrected chi connectivity index (χ1v) is 10.5. The van der Waals surface area contributed by atoms with Crippen molar-refractivity contribution < 1.29 is 9.47 Å². The Hall–Kier alpha value is -0.710. The van der Waals surface area contributed by atoms with Gasteiger partial charge in [-0.15, -0.1) is 0 Å². The zero-order valence-corrected chi connectivity index (χ0v) is 16.7. The van der Waals surface area contributed by atoms with Crippen LogP contribution in [0.4, 0.5) is 0 Å². The third-order valence-electron chi connectivity index (χ3n) is 3.68. The summed E-state index contributed by atoms with van der Waals surface area (Å²) >= 11 is 1.95. The van der Waals surface area contributed by atoms with Gasteiger partial charge in [0.1, 0.15) is 18.5 Å². The fraction of sp³-hybridized carbons (Fsp3) is 0.700. The van der Waals surface area contributed by atoms with Crippen LogP contribution in [0.3, 0.4) is 0 Å². The minimum atomic E-state index is 0.138. The van der Waals surface area contributed by atoms with Gasteiger partial charge in [0, 0.05) is 18.8 Å². The van der Waals surface area contributed by atoms with Gasteiger partial charge in [0.05, 0.1) is 6.73 Å². The molecule has 1 aromatic carbocycles. The van der Waals surface area contributed by atoms with Gasteiger partial charge in [-0.05, 0) is 44.1 Å². The number of aryl methyl sites for hydroxylation is 1. The first-order chi connectivity index (χ1) is 11.7. The maximum atomic E-state index is 6.18. The van der Waals surface area contributed by atoms with E-state index >= 15 is 0 Å². The molecule has 4 heteroatoms. The maximum absolute atomic E-state index is 6.18. The molecule has 138 valence electrons. The van der Waals surface area contributed by atoms with E-state index < -0.39 is 0 Å². The van der Waals surface area contributed by atoms with Crippen LogP contribution in [-0.4, -0.2) is 48.9 Å². The summed E-state index contributed by atoms with van der Waals surface area (Å²) in [4.78, 5) is 2.39. The highest BCUT2D eigenvalue weighted by Crippen LogP contribution is 2.14. The van der Waals surface area contributed by atoms with Crippen molar-refractivity contribution >= 4 is 11.8 Å². The van der Waals surface area contributed by atoms with E-state index in [0.717, 1.165) is 24.6 Å². The third kappa shape index (κ3) is 9.55. The second kappa shape index (κ2) is 13.6. The van der Waals surface area contributed by atoms with Crippen molar-refractivity contribution in [3.8, 4) is 5.75 Å². The van der Waals surface area contributed by atoms with Crippen molar-refractivity contribution in [2.45, 2.75) is 53.1 Å². The van der Waals surface area contributed by atoms with E-state index in [1.165, 1.54) is 30.6 Å². The van der Waals surface area contributed by atoms with Crippen LogP contribution in [0.25, 0.3) is 0 Å². The molecule has 0 heterocycles. The molecule has 0 aliphatic heterocycles. The molecule has 0 radical (unpaired) electrons. The molecule has 0 aliphatic carbocycles. The van der Waals surface area contributed by atoms with E-state index in [2.05, 4.69) is 44.7 Å². The van der Waals surface area contributed by atoms with Gasteiger partial charge in [0.2, 0.25) is 0 Å². The highest BCUT2D eigenvalue weighted by Gasteiger charge is 2.13. The summed E-state index contributed by atoms with van der Waals surface area (Å²) in [5, 5.41) is 0. The average molecular weight is 354 g/mol. The molecule has 0 saturated carbocycles. The van der Waals surface area contributed by atoms with E-state index in [4.69, 9.17) is 9.47 Å². The molecule has 0 spiro atoms. The third-order valence-corrected chi connectivity index (χ3v) is 4.99. The van der Waals surface area contributed by atoms with Gasteiger partial charge >= 0.3 is 0 Å². The van der Waals surface area contributed by atoms with Crippen LogP contribution < -0.4 is 4.74 Å². The summed E-state index contributed by atoms with van der Waals surface area (Å²) in [5.41, 5.74) is 1.25. The number of hydrogen-bond acceptors (Lipinski definition) is 4. The molecule has 1 aromatic rings. The first kappa shape index (κ1) is 21.3. The molecule has 3 nitrogen and oxygen atoms in total. The first-order valence-electron chi connectivity index (χ1n) is 9.30. The van der Waals surface area contributed by atoms with E-state index in [9.17, 15) is 0 Å². The number of rotatable bonds is 14. The number of hydrogen-bond donors (Lipinski definition) is 0. The molecule has 1 unspecified atom stereocenters. The summed E-state index contributed by atoms with van der Waals surface area (Å²) in [6.45, 7) is 12.3. The Kier molecular flexibility index (Phi) is 12.1. The highest BCUT2D eigenvalue weighted by molar-refractivity contribution is 7.99. The van der Waals surface area contributed by atoms with E-state index in [-0.39, 0.29) is 6.10 Å². The Balaban J connectivity index is 2.47. The summed E-state index contributed by atoms with van der Waals surface area (Å²) in [5.74, 6) is 3.10. The molecule has 1 atom stereocenters. The van der Waals surface area contributed by atoms with Crippen molar-refractivity contribution in [1.82, 2.24) is 4.90 Å². The van der Waals surface area contributed by atoms with Gasteiger partial charge in [0.15, 0.2) is 0 Å². The Labute approximate surface area is 153 Å². The molecule has 0 saturated heterocycles. The molecule has 0 N–H and O–H groups in total. The quantitative estimate of drug-likeness (QED) is 0.347. The van der Waals surface area contributed by atoms with Gasteiger partial charge in [0.25, 0.3) is 0 Å². The number of thioether (sulfide) groups is 1. The molecular formula is C20H35NO2S. The Morgan fingerprint density at radius 1 is 1.00 bits per heavy atom. The lowest BCUT2D eigenvalue weighted by atomic mass is 10.2. The van der Waals surface area contributed by atoms with Gasteiger partial charge in [-0.1, -0.05) is 38.5 Å². The van der Waals surface area contributed by atoms with Crippen molar-refractivity contribution in [2.24, 2.45) is 0 Å². The molecular weight excluding hydrogens is 318 g/mol. The lowest BCUT2D eigenvalue weighted by molar-refractivity contribution is -0.0297. The van der Waals surface area contributed by atoms with Crippen LogP contribution in [0.2, 0.25) is 0 Å². The molecule has 0 amide bonds. The SMILES string of the molecule is CCCSCC(COc1ccc(C)cc1)OCN(CCC)CCC.